The molecule has 27 heavy (non-hydrogen) atoms. The molecule has 5 heteroatoms. The summed E-state index contributed by atoms with van der Waals surface area (Å²) in [6.07, 6.45) is 13.3. The van der Waals surface area contributed by atoms with Crippen molar-refractivity contribution in [2.24, 2.45) is 0 Å². The molecule has 0 atom stereocenters. The Morgan fingerprint density at radius 2 is 1.44 bits per heavy atom. The van der Waals surface area contributed by atoms with Crippen LogP contribution in [0.4, 0.5) is 5.69 Å². The van der Waals surface area contributed by atoms with Crippen molar-refractivity contribution < 1.29 is 9.53 Å². The zero-order chi connectivity index (χ0) is 19.7. The van der Waals surface area contributed by atoms with Gasteiger partial charge in [-0.1, -0.05) is 64.7 Å². The van der Waals surface area contributed by atoms with Crippen molar-refractivity contribution in [3.05, 3.63) is 29.8 Å². The predicted octanol–water partition coefficient (Wildman–Crippen LogP) is 6.07. The van der Waals surface area contributed by atoms with E-state index in [2.05, 4.69) is 17.6 Å². The van der Waals surface area contributed by atoms with Crippen molar-refractivity contribution in [2.45, 2.75) is 78.1 Å². The summed E-state index contributed by atoms with van der Waals surface area (Å²) >= 11 is 5.32. The summed E-state index contributed by atoms with van der Waals surface area (Å²) in [5.41, 5.74) is 1.41. The zero-order valence-corrected chi connectivity index (χ0v) is 17.8. The summed E-state index contributed by atoms with van der Waals surface area (Å²) in [6.45, 7) is 5.33. The lowest BCUT2D eigenvalue weighted by atomic mass is 10.1. The monoisotopic (exact) mass is 392 g/mol. The van der Waals surface area contributed by atoms with Crippen LogP contribution < -0.4 is 10.6 Å². The van der Waals surface area contributed by atoms with Gasteiger partial charge in [0.05, 0.1) is 12.2 Å². The Morgan fingerprint density at radius 3 is 2.00 bits per heavy atom. The van der Waals surface area contributed by atoms with Gasteiger partial charge in [-0.15, -0.1) is 0 Å². The third-order valence-corrected chi connectivity index (χ3v) is 4.72. The Labute approximate surface area is 170 Å². The molecule has 0 bridgehead atoms. The molecule has 0 saturated carbocycles. The fraction of sp³-hybridized carbons (Fsp3) is 0.636. The maximum absolute atomic E-state index is 11.6. The van der Waals surface area contributed by atoms with Crippen molar-refractivity contribution in [3.8, 4) is 0 Å². The Morgan fingerprint density at radius 1 is 0.889 bits per heavy atom. The number of ether oxygens (including phenoxy) is 1. The maximum Gasteiger partial charge on any atom is 0.338 e. The quantitative estimate of drug-likeness (QED) is 0.229. The van der Waals surface area contributed by atoms with E-state index in [0.29, 0.717) is 17.3 Å². The maximum atomic E-state index is 11.6. The number of benzene rings is 1. The number of hydrogen-bond acceptors (Lipinski definition) is 3. The SMILES string of the molecule is CCCCCCCCCCCCNC(=S)Nc1ccc(C(=O)OCC)cc1. The minimum atomic E-state index is -0.300. The van der Waals surface area contributed by atoms with Gasteiger partial charge in [0.15, 0.2) is 5.11 Å². The van der Waals surface area contributed by atoms with Crippen LogP contribution in [0, 0.1) is 0 Å². The molecule has 0 heterocycles. The fourth-order valence-electron chi connectivity index (χ4n) is 2.89. The van der Waals surface area contributed by atoms with Crippen LogP contribution in [0.25, 0.3) is 0 Å². The first kappa shape index (κ1) is 23.4. The van der Waals surface area contributed by atoms with E-state index in [1.54, 1.807) is 19.1 Å². The van der Waals surface area contributed by atoms with E-state index in [9.17, 15) is 4.79 Å². The second-order valence-electron chi connectivity index (χ2n) is 6.86. The highest BCUT2D eigenvalue weighted by Gasteiger charge is 2.06. The fourth-order valence-corrected chi connectivity index (χ4v) is 3.11. The third kappa shape index (κ3) is 11.6. The number of esters is 1. The van der Waals surface area contributed by atoms with E-state index in [-0.39, 0.29) is 5.97 Å². The van der Waals surface area contributed by atoms with Crippen molar-refractivity contribution in [2.75, 3.05) is 18.5 Å². The summed E-state index contributed by atoms with van der Waals surface area (Å²) in [6, 6.07) is 7.15. The van der Waals surface area contributed by atoms with Crippen LogP contribution in [-0.2, 0) is 4.74 Å². The van der Waals surface area contributed by atoms with Crippen LogP contribution in [0.5, 0.6) is 0 Å². The standard InChI is InChI=1S/C22H36N2O2S/c1-3-5-6-7-8-9-10-11-12-13-18-23-22(27)24-20-16-14-19(15-17-20)21(25)26-4-2/h14-17H,3-13,18H2,1-2H3,(H2,23,24,27). The Hall–Kier alpha value is -1.62. The average molecular weight is 393 g/mol. The van der Waals surface area contributed by atoms with Crippen LogP contribution >= 0.6 is 12.2 Å². The second-order valence-corrected chi connectivity index (χ2v) is 7.27. The molecular weight excluding hydrogens is 356 g/mol. The lowest BCUT2D eigenvalue weighted by Gasteiger charge is -2.11. The number of hydrogen-bond donors (Lipinski definition) is 2. The second kappa shape index (κ2) is 15.4. The van der Waals surface area contributed by atoms with Crippen molar-refractivity contribution in [3.63, 3.8) is 0 Å². The van der Waals surface area contributed by atoms with Gasteiger partial charge in [-0.25, -0.2) is 4.79 Å². The van der Waals surface area contributed by atoms with Gasteiger partial charge in [-0.05, 0) is 49.8 Å². The first-order chi connectivity index (χ1) is 13.2. The molecule has 0 spiro atoms. The van der Waals surface area contributed by atoms with Gasteiger partial charge in [0, 0.05) is 12.2 Å². The largest absolute Gasteiger partial charge is 0.462 e. The Kier molecular flexibility index (Phi) is 13.4. The van der Waals surface area contributed by atoms with E-state index in [0.717, 1.165) is 18.7 Å². The Balaban J connectivity index is 2.05. The molecular formula is C22H36N2O2S. The molecule has 0 aliphatic rings. The number of unbranched alkanes of at least 4 members (excludes halogenated alkanes) is 9. The van der Waals surface area contributed by atoms with Gasteiger partial charge in [-0.2, -0.15) is 0 Å². The molecule has 152 valence electrons. The summed E-state index contributed by atoms with van der Waals surface area (Å²) < 4.78 is 4.97. The number of anilines is 1. The molecule has 1 aromatic carbocycles. The molecule has 2 N–H and O–H groups in total. The molecule has 0 aromatic heterocycles. The molecule has 0 unspecified atom stereocenters. The first-order valence-corrected chi connectivity index (χ1v) is 10.9. The van der Waals surface area contributed by atoms with Gasteiger partial charge in [-0.3, -0.25) is 0 Å². The van der Waals surface area contributed by atoms with Crippen LogP contribution in [-0.4, -0.2) is 24.2 Å². The van der Waals surface area contributed by atoms with Crippen LogP contribution in [0.2, 0.25) is 0 Å². The van der Waals surface area contributed by atoms with E-state index in [1.165, 1.54) is 57.8 Å². The molecule has 4 nitrogen and oxygen atoms in total. The molecule has 0 amide bonds. The van der Waals surface area contributed by atoms with E-state index in [4.69, 9.17) is 17.0 Å². The molecule has 0 aliphatic carbocycles. The normalized spacial score (nSPS) is 10.4. The lowest BCUT2D eigenvalue weighted by molar-refractivity contribution is 0.0526. The minimum Gasteiger partial charge on any atom is -0.462 e. The van der Waals surface area contributed by atoms with Gasteiger partial charge < -0.3 is 15.4 Å². The topological polar surface area (TPSA) is 50.4 Å². The average Bonchev–Trinajstić information content (AvgIpc) is 2.67. The van der Waals surface area contributed by atoms with Gasteiger partial charge in [0.2, 0.25) is 0 Å². The number of thiocarbonyl (C=S) groups is 1. The number of rotatable bonds is 14. The van der Waals surface area contributed by atoms with E-state index in [1.807, 2.05) is 12.1 Å². The highest BCUT2D eigenvalue weighted by atomic mass is 32.1. The van der Waals surface area contributed by atoms with Gasteiger partial charge in [0.1, 0.15) is 0 Å². The molecule has 1 rings (SSSR count). The van der Waals surface area contributed by atoms with Gasteiger partial charge >= 0.3 is 5.97 Å². The predicted molar refractivity (Wildman–Crippen MR) is 118 cm³/mol. The number of carbonyl (C=O) groups excluding carboxylic acids is 1. The number of nitrogens with one attached hydrogen (secondary N) is 2. The van der Waals surface area contributed by atoms with Crippen LogP contribution in [0.15, 0.2) is 24.3 Å². The highest BCUT2D eigenvalue weighted by Crippen LogP contribution is 2.11. The van der Waals surface area contributed by atoms with Crippen LogP contribution in [0.3, 0.4) is 0 Å². The molecule has 0 fully saturated rings. The molecule has 0 aliphatic heterocycles. The smallest absolute Gasteiger partial charge is 0.338 e. The molecule has 0 radical (unpaired) electrons. The van der Waals surface area contributed by atoms with Crippen molar-refractivity contribution in [1.82, 2.24) is 5.32 Å². The zero-order valence-electron chi connectivity index (χ0n) is 17.0. The number of carbonyl (C=O) groups is 1. The first-order valence-electron chi connectivity index (χ1n) is 10.5. The molecule has 0 saturated heterocycles. The summed E-state index contributed by atoms with van der Waals surface area (Å²) in [4.78, 5) is 11.6. The minimum absolute atomic E-state index is 0.300. The lowest BCUT2D eigenvalue weighted by Crippen LogP contribution is -2.29. The van der Waals surface area contributed by atoms with E-state index < -0.39 is 0 Å². The summed E-state index contributed by atoms with van der Waals surface area (Å²) in [5.74, 6) is -0.300. The highest BCUT2D eigenvalue weighted by molar-refractivity contribution is 7.80. The Bertz CT molecular complexity index is 532. The van der Waals surface area contributed by atoms with E-state index >= 15 is 0 Å². The summed E-state index contributed by atoms with van der Waals surface area (Å²) in [5, 5.41) is 7.01. The molecule has 1 aromatic rings. The van der Waals surface area contributed by atoms with Gasteiger partial charge in [0.25, 0.3) is 0 Å². The summed E-state index contributed by atoms with van der Waals surface area (Å²) in [7, 11) is 0. The van der Waals surface area contributed by atoms with Crippen LogP contribution in [0.1, 0.15) is 88.4 Å². The third-order valence-electron chi connectivity index (χ3n) is 4.47. The van der Waals surface area contributed by atoms with Crippen molar-refractivity contribution >= 4 is 29.0 Å². The van der Waals surface area contributed by atoms with Crippen molar-refractivity contribution in [1.29, 1.82) is 0 Å².